The lowest BCUT2D eigenvalue weighted by Gasteiger charge is -2.27. The van der Waals surface area contributed by atoms with Crippen LogP contribution in [0.4, 0.5) is 0 Å². The zero-order chi connectivity index (χ0) is 13.0. The third-order valence-corrected chi connectivity index (χ3v) is 5.42. The van der Waals surface area contributed by atoms with Crippen LogP contribution < -0.4 is 0 Å². The van der Waals surface area contributed by atoms with Crippen molar-refractivity contribution in [1.82, 2.24) is 4.98 Å². The topological polar surface area (TPSA) is 12.9 Å². The van der Waals surface area contributed by atoms with E-state index < -0.39 is 0 Å². The Morgan fingerprint density at radius 1 is 1.11 bits per heavy atom. The highest BCUT2D eigenvalue weighted by Crippen LogP contribution is 2.36. The van der Waals surface area contributed by atoms with Crippen molar-refractivity contribution in [1.29, 1.82) is 0 Å². The van der Waals surface area contributed by atoms with Gasteiger partial charge in [-0.2, -0.15) is 0 Å². The standard InChI is InChI=1S/C16H27NS/c1-13-12-18-15(17-13)14-8-5-4-6-10-16(2,3)11-7-9-14/h12,14H,4-11H2,1-3H3. The van der Waals surface area contributed by atoms with Gasteiger partial charge < -0.3 is 0 Å². The van der Waals surface area contributed by atoms with Gasteiger partial charge in [-0.25, -0.2) is 4.98 Å². The third-order valence-electron chi connectivity index (χ3n) is 4.30. The lowest BCUT2D eigenvalue weighted by Crippen LogP contribution is -2.13. The molecule has 1 nitrogen and oxygen atoms in total. The first-order valence-electron chi connectivity index (χ1n) is 7.49. The van der Waals surface area contributed by atoms with Gasteiger partial charge >= 0.3 is 0 Å². The quantitative estimate of drug-likeness (QED) is 0.635. The van der Waals surface area contributed by atoms with E-state index >= 15 is 0 Å². The summed E-state index contributed by atoms with van der Waals surface area (Å²) in [6, 6.07) is 0. The summed E-state index contributed by atoms with van der Waals surface area (Å²) in [4.78, 5) is 4.72. The van der Waals surface area contributed by atoms with E-state index in [0.29, 0.717) is 5.41 Å². The molecule has 1 aliphatic rings. The molecule has 0 aromatic carbocycles. The van der Waals surface area contributed by atoms with Crippen LogP contribution in [0.15, 0.2) is 5.38 Å². The maximum Gasteiger partial charge on any atom is 0.0959 e. The minimum Gasteiger partial charge on any atom is -0.246 e. The van der Waals surface area contributed by atoms with Gasteiger partial charge in [-0.05, 0) is 38.0 Å². The smallest absolute Gasteiger partial charge is 0.0959 e. The Morgan fingerprint density at radius 2 is 1.83 bits per heavy atom. The van der Waals surface area contributed by atoms with Gasteiger partial charge in [-0.1, -0.05) is 39.5 Å². The van der Waals surface area contributed by atoms with Crippen LogP contribution >= 0.6 is 11.3 Å². The summed E-state index contributed by atoms with van der Waals surface area (Å²) in [5, 5.41) is 3.60. The van der Waals surface area contributed by atoms with E-state index in [-0.39, 0.29) is 0 Å². The van der Waals surface area contributed by atoms with Crippen LogP contribution in [0.5, 0.6) is 0 Å². The van der Waals surface area contributed by atoms with E-state index in [0.717, 1.165) is 5.92 Å². The first-order valence-corrected chi connectivity index (χ1v) is 8.37. The van der Waals surface area contributed by atoms with Gasteiger partial charge in [-0.3, -0.25) is 0 Å². The molecule has 1 unspecified atom stereocenters. The molecule has 2 heteroatoms. The van der Waals surface area contributed by atoms with E-state index in [1.54, 1.807) is 0 Å². The minimum absolute atomic E-state index is 0.556. The summed E-state index contributed by atoms with van der Waals surface area (Å²) < 4.78 is 0. The van der Waals surface area contributed by atoms with Crippen molar-refractivity contribution in [3.8, 4) is 0 Å². The van der Waals surface area contributed by atoms with Gasteiger partial charge in [0.15, 0.2) is 0 Å². The fraction of sp³-hybridized carbons (Fsp3) is 0.812. The zero-order valence-electron chi connectivity index (χ0n) is 12.2. The second kappa shape index (κ2) is 6.18. The zero-order valence-corrected chi connectivity index (χ0v) is 13.0. The summed E-state index contributed by atoms with van der Waals surface area (Å²) >= 11 is 1.87. The number of hydrogen-bond donors (Lipinski definition) is 0. The number of aryl methyl sites for hydroxylation is 1. The Kier molecular flexibility index (Phi) is 4.83. The lowest BCUT2D eigenvalue weighted by molar-refractivity contribution is 0.270. The molecule has 0 aliphatic heterocycles. The van der Waals surface area contributed by atoms with Crippen molar-refractivity contribution in [2.45, 2.75) is 78.1 Å². The van der Waals surface area contributed by atoms with E-state index in [2.05, 4.69) is 26.2 Å². The van der Waals surface area contributed by atoms with E-state index in [9.17, 15) is 0 Å². The second-order valence-corrected chi connectivity index (χ2v) is 7.57. The fourth-order valence-electron chi connectivity index (χ4n) is 3.07. The van der Waals surface area contributed by atoms with Gasteiger partial charge in [0.1, 0.15) is 0 Å². The molecule has 0 saturated heterocycles. The van der Waals surface area contributed by atoms with Gasteiger partial charge in [0.05, 0.1) is 5.01 Å². The molecule has 0 N–H and O–H groups in total. The average Bonchev–Trinajstić information content (AvgIpc) is 2.73. The summed E-state index contributed by atoms with van der Waals surface area (Å²) in [6.07, 6.45) is 11.1. The summed E-state index contributed by atoms with van der Waals surface area (Å²) in [5.41, 5.74) is 1.76. The molecule has 0 radical (unpaired) electrons. The monoisotopic (exact) mass is 265 g/mol. The Bertz CT molecular complexity index is 367. The van der Waals surface area contributed by atoms with Crippen LogP contribution in [0.25, 0.3) is 0 Å². The Hall–Kier alpha value is -0.370. The van der Waals surface area contributed by atoms with Crippen LogP contribution in [-0.2, 0) is 0 Å². The fourth-order valence-corrected chi connectivity index (χ4v) is 4.04. The number of rotatable bonds is 1. The molecule has 1 heterocycles. The first-order chi connectivity index (χ1) is 8.57. The number of aromatic nitrogens is 1. The molecule has 18 heavy (non-hydrogen) atoms. The van der Waals surface area contributed by atoms with Crippen molar-refractivity contribution in [3.05, 3.63) is 16.1 Å². The molecule has 0 amide bonds. The van der Waals surface area contributed by atoms with E-state index in [1.165, 1.54) is 62.1 Å². The highest BCUT2D eigenvalue weighted by atomic mass is 32.1. The van der Waals surface area contributed by atoms with Crippen LogP contribution in [-0.4, -0.2) is 4.98 Å². The van der Waals surface area contributed by atoms with Crippen LogP contribution in [0.3, 0.4) is 0 Å². The molecule has 102 valence electrons. The van der Waals surface area contributed by atoms with Gasteiger partial charge in [0, 0.05) is 17.0 Å². The molecule has 1 atom stereocenters. The van der Waals surface area contributed by atoms with Gasteiger partial charge in [0.2, 0.25) is 0 Å². The predicted molar refractivity (Wildman–Crippen MR) is 80.3 cm³/mol. The molecule has 1 aromatic heterocycles. The Balaban J connectivity index is 1.98. The first kappa shape index (κ1) is 14.0. The maximum atomic E-state index is 4.72. The highest BCUT2D eigenvalue weighted by molar-refractivity contribution is 7.09. The Morgan fingerprint density at radius 3 is 2.56 bits per heavy atom. The third kappa shape index (κ3) is 4.08. The van der Waals surface area contributed by atoms with E-state index in [4.69, 9.17) is 4.98 Å². The summed E-state index contributed by atoms with van der Waals surface area (Å²) in [7, 11) is 0. The molecule has 1 fully saturated rings. The molecule has 0 bridgehead atoms. The van der Waals surface area contributed by atoms with Crippen LogP contribution in [0.2, 0.25) is 0 Å². The van der Waals surface area contributed by atoms with Crippen molar-refractivity contribution in [2.24, 2.45) is 5.41 Å². The predicted octanol–water partition coefficient (Wildman–Crippen LogP) is 5.70. The summed E-state index contributed by atoms with van der Waals surface area (Å²) in [5.74, 6) is 0.734. The van der Waals surface area contributed by atoms with Crippen molar-refractivity contribution in [3.63, 3.8) is 0 Å². The number of hydrogen-bond acceptors (Lipinski definition) is 2. The average molecular weight is 265 g/mol. The molecular formula is C16H27NS. The van der Waals surface area contributed by atoms with Gasteiger partial charge in [0.25, 0.3) is 0 Å². The van der Waals surface area contributed by atoms with E-state index in [1.807, 2.05) is 11.3 Å². The molecule has 1 aromatic rings. The lowest BCUT2D eigenvalue weighted by atomic mass is 9.79. The summed E-state index contributed by atoms with van der Waals surface area (Å²) in [6.45, 7) is 7.00. The molecule has 0 spiro atoms. The molecule has 1 aliphatic carbocycles. The molecule has 1 saturated carbocycles. The largest absolute Gasteiger partial charge is 0.246 e. The van der Waals surface area contributed by atoms with Crippen molar-refractivity contribution >= 4 is 11.3 Å². The van der Waals surface area contributed by atoms with Crippen LogP contribution in [0.1, 0.15) is 81.8 Å². The van der Waals surface area contributed by atoms with Crippen molar-refractivity contribution < 1.29 is 0 Å². The number of nitrogens with zero attached hydrogens (tertiary/aromatic N) is 1. The Labute approximate surface area is 116 Å². The SMILES string of the molecule is Cc1csc(C2CCCCCC(C)(C)CCC2)n1. The normalized spacial score (nSPS) is 25.8. The molecular weight excluding hydrogens is 238 g/mol. The molecule has 2 rings (SSSR count). The second-order valence-electron chi connectivity index (χ2n) is 6.68. The highest BCUT2D eigenvalue weighted by Gasteiger charge is 2.21. The maximum absolute atomic E-state index is 4.72. The minimum atomic E-state index is 0.556. The van der Waals surface area contributed by atoms with Gasteiger partial charge in [-0.15, -0.1) is 11.3 Å². The van der Waals surface area contributed by atoms with Crippen LogP contribution in [0, 0.1) is 12.3 Å². The number of thiazole rings is 1. The van der Waals surface area contributed by atoms with Crippen molar-refractivity contribution in [2.75, 3.05) is 0 Å².